The number of nitrogens with zero attached hydrogens (tertiary/aromatic N) is 1. The van der Waals surface area contributed by atoms with Gasteiger partial charge in [-0.05, 0) is 26.2 Å². The summed E-state index contributed by atoms with van der Waals surface area (Å²) in [6.07, 6.45) is 0.898. The Bertz CT molecular complexity index is 395. The molecule has 8 nitrogen and oxygen atoms in total. The van der Waals surface area contributed by atoms with Gasteiger partial charge in [0, 0.05) is 13.1 Å². The quantitative estimate of drug-likeness (QED) is 0.570. The first-order valence-electron chi connectivity index (χ1n) is 6.44. The van der Waals surface area contributed by atoms with Crippen LogP contribution in [0.3, 0.4) is 0 Å². The lowest BCUT2D eigenvalue weighted by Crippen LogP contribution is -2.49. The first-order valence-corrected chi connectivity index (χ1v) is 6.44. The first-order chi connectivity index (χ1) is 9.21. The summed E-state index contributed by atoms with van der Waals surface area (Å²) >= 11 is 0. The Labute approximate surface area is 116 Å². The lowest BCUT2D eigenvalue weighted by molar-refractivity contribution is -0.145. The van der Waals surface area contributed by atoms with Gasteiger partial charge in [0.25, 0.3) is 0 Å². The van der Waals surface area contributed by atoms with E-state index >= 15 is 0 Å². The van der Waals surface area contributed by atoms with Crippen LogP contribution in [0.5, 0.6) is 0 Å². The number of rotatable bonds is 4. The van der Waals surface area contributed by atoms with Crippen molar-refractivity contribution in [3.8, 4) is 0 Å². The molecule has 0 spiro atoms. The average Bonchev–Trinajstić information content (AvgIpc) is 2.48. The van der Waals surface area contributed by atoms with E-state index in [1.54, 1.807) is 6.92 Å². The van der Waals surface area contributed by atoms with E-state index in [0.29, 0.717) is 32.4 Å². The standard InChI is InChI=1S/C12H20N2O6/c1-12(20)3-2-5-14(6-4-12)11(19)13-8(10(17)18)7-9(15)16/h8,20H,2-7H2,1H3,(H,13,19)(H,15,16)(H,17,18)/t8-,12?/m1/s1. The van der Waals surface area contributed by atoms with Crippen molar-refractivity contribution in [2.75, 3.05) is 13.1 Å². The van der Waals surface area contributed by atoms with Gasteiger partial charge in [-0.3, -0.25) is 4.79 Å². The van der Waals surface area contributed by atoms with Gasteiger partial charge in [0.05, 0.1) is 12.0 Å². The molecule has 0 bridgehead atoms. The van der Waals surface area contributed by atoms with Crippen LogP contribution in [-0.2, 0) is 9.59 Å². The van der Waals surface area contributed by atoms with Crippen LogP contribution in [-0.4, -0.2) is 62.9 Å². The van der Waals surface area contributed by atoms with Crippen LogP contribution in [0.1, 0.15) is 32.6 Å². The maximum Gasteiger partial charge on any atom is 0.326 e. The molecule has 2 amide bonds. The van der Waals surface area contributed by atoms with E-state index in [9.17, 15) is 19.5 Å². The predicted octanol–water partition coefficient (Wildman–Crippen LogP) is -0.139. The maximum absolute atomic E-state index is 11.9. The van der Waals surface area contributed by atoms with E-state index in [1.807, 2.05) is 0 Å². The highest BCUT2D eigenvalue weighted by atomic mass is 16.4. The molecule has 1 heterocycles. The minimum Gasteiger partial charge on any atom is -0.481 e. The number of carbonyl (C=O) groups is 3. The molecule has 114 valence electrons. The van der Waals surface area contributed by atoms with Gasteiger partial charge in [-0.15, -0.1) is 0 Å². The number of hydrogen-bond acceptors (Lipinski definition) is 4. The molecule has 8 heteroatoms. The lowest BCUT2D eigenvalue weighted by atomic mass is 9.98. The van der Waals surface area contributed by atoms with E-state index in [1.165, 1.54) is 4.90 Å². The second kappa shape index (κ2) is 6.56. The van der Waals surface area contributed by atoms with Gasteiger partial charge >= 0.3 is 18.0 Å². The van der Waals surface area contributed by atoms with Crippen molar-refractivity contribution >= 4 is 18.0 Å². The molecule has 0 saturated carbocycles. The molecule has 0 aliphatic carbocycles. The zero-order valence-electron chi connectivity index (χ0n) is 11.3. The number of amides is 2. The maximum atomic E-state index is 11.9. The van der Waals surface area contributed by atoms with Crippen molar-refractivity contribution in [1.82, 2.24) is 10.2 Å². The Morgan fingerprint density at radius 1 is 1.25 bits per heavy atom. The Kier molecular flexibility index (Phi) is 5.32. The molecule has 0 aromatic carbocycles. The fourth-order valence-electron chi connectivity index (χ4n) is 2.08. The lowest BCUT2D eigenvalue weighted by Gasteiger charge is -2.24. The highest BCUT2D eigenvalue weighted by Gasteiger charge is 2.29. The van der Waals surface area contributed by atoms with Gasteiger partial charge in [-0.2, -0.15) is 0 Å². The summed E-state index contributed by atoms with van der Waals surface area (Å²) < 4.78 is 0. The van der Waals surface area contributed by atoms with Crippen molar-refractivity contribution in [3.63, 3.8) is 0 Å². The number of carboxylic acid groups (broad SMARTS) is 2. The van der Waals surface area contributed by atoms with Crippen LogP contribution in [0, 0.1) is 0 Å². The predicted molar refractivity (Wildman–Crippen MR) is 68.3 cm³/mol. The highest BCUT2D eigenvalue weighted by molar-refractivity contribution is 5.86. The fourth-order valence-corrected chi connectivity index (χ4v) is 2.08. The molecule has 1 unspecified atom stereocenters. The largest absolute Gasteiger partial charge is 0.481 e. The van der Waals surface area contributed by atoms with E-state index < -0.39 is 36.0 Å². The smallest absolute Gasteiger partial charge is 0.326 e. The number of aliphatic hydroxyl groups is 1. The second-order valence-corrected chi connectivity index (χ2v) is 5.28. The van der Waals surface area contributed by atoms with Gasteiger partial charge in [0.1, 0.15) is 6.04 Å². The summed E-state index contributed by atoms with van der Waals surface area (Å²) in [5, 5.41) is 29.6. The molecule has 1 rings (SSSR count). The van der Waals surface area contributed by atoms with Crippen molar-refractivity contribution < 1.29 is 29.7 Å². The van der Waals surface area contributed by atoms with E-state index in [-0.39, 0.29) is 0 Å². The van der Waals surface area contributed by atoms with Crippen LogP contribution in [0.4, 0.5) is 4.79 Å². The molecule has 20 heavy (non-hydrogen) atoms. The Balaban J connectivity index is 2.60. The summed E-state index contributed by atoms with van der Waals surface area (Å²) in [5.74, 6) is -2.68. The molecule has 1 saturated heterocycles. The molecular weight excluding hydrogens is 268 g/mol. The second-order valence-electron chi connectivity index (χ2n) is 5.28. The number of urea groups is 1. The molecule has 1 fully saturated rings. The number of aliphatic carboxylic acids is 2. The van der Waals surface area contributed by atoms with Crippen LogP contribution in [0.25, 0.3) is 0 Å². The molecule has 0 radical (unpaired) electrons. The van der Waals surface area contributed by atoms with Gasteiger partial charge in [0.15, 0.2) is 0 Å². The molecule has 4 N–H and O–H groups in total. The number of carboxylic acids is 2. The number of likely N-dealkylation sites (tertiary alicyclic amines) is 1. The van der Waals surface area contributed by atoms with Gasteiger partial charge in [-0.25, -0.2) is 9.59 Å². The average molecular weight is 288 g/mol. The van der Waals surface area contributed by atoms with Crippen LogP contribution in [0.2, 0.25) is 0 Å². The molecule has 0 aromatic rings. The normalized spacial score (nSPS) is 24.6. The number of carbonyl (C=O) groups excluding carboxylic acids is 1. The van der Waals surface area contributed by atoms with Crippen LogP contribution >= 0.6 is 0 Å². The van der Waals surface area contributed by atoms with Crippen molar-refractivity contribution in [3.05, 3.63) is 0 Å². The highest BCUT2D eigenvalue weighted by Crippen LogP contribution is 2.21. The van der Waals surface area contributed by atoms with Crippen molar-refractivity contribution in [2.24, 2.45) is 0 Å². The summed E-state index contributed by atoms with van der Waals surface area (Å²) in [6, 6.07) is -2.07. The third-order valence-corrected chi connectivity index (χ3v) is 3.33. The topological polar surface area (TPSA) is 127 Å². The monoisotopic (exact) mass is 288 g/mol. The van der Waals surface area contributed by atoms with E-state index in [2.05, 4.69) is 5.32 Å². The van der Waals surface area contributed by atoms with Gasteiger partial charge in [0.2, 0.25) is 0 Å². The summed E-state index contributed by atoms with van der Waals surface area (Å²) in [7, 11) is 0. The zero-order valence-corrected chi connectivity index (χ0v) is 11.3. The zero-order chi connectivity index (χ0) is 15.3. The Hall–Kier alpha value is -1.83. The molecule has 2 atom stereocenters. The summed E-state index contributed by atoms with van der Waals surface area (Å²) in [5.41, 5.74) is -0.831. The third kappa shape index (κ3) is 5.04. The van der Waals surface area contributed by atoms with Crippen LogP contribution < -0.4 is 5.32 Å². The number of nitrogens with one attached hydrogen (secondary N) is 1. The van der Waals surface area contributed by atoms with Crippen LogP contribution in [0.15, 0.2) is 0 Å². The van der Waals surface area contributed by atoms with Crippen molar-refractivity contribution in [2.45, 2.75) is 44.2 Å². The minimum absolute atomic E-state index is 0.304. The third-order valence-electron chi connectivity index (χ3n) is 3.33. The fraction of sp³-hybridized carbons (Fsp3) is 0.750. The molecular formula is C12H20N2O6. The molecule has 0 aromatic heterocycles. The summed E-state index contributed by atoms with van der Waals surface area (Å²) in [6.45, 7) is 2.40. The van der Waals surface area contributed by atoms with Crippen molar-refractivity contribution in [1.29, 1.82) is 0 Å². The Morgan fingerprint density at radius 2 is 1.90 bits per heavy atom. The molecule has 1 aliphatic heterocycles. The number of hydrogen-bond donors (Lipinski definition) is 4. The van der Waals surface area contributed by atoms with E-state index in [0.717, 1.165) is 0 Å². The SMILES string of the molecule is CC1(O)CCCN(C(=O)N[C@H](CC(=O)O)C(=O)O)CC1. The molecule has 1 aliphatic rings. The Morgan fingerprint density at radius 3 is 2.45 bits per heavy atom. The van der Waals surface area contributed by atoms with E-state index in [4.69, 9.17) is 10.2 Å². The van der Waals surface area contributed by atoms with Gasteiger partial charge in [-0.1, -0.05) is 0 Å². The van der Waals surface area contributed by atoms with Gasteiger partial charge < -0.3 is 25.5 Å². The minimum atomic E-state index is -1.45. The first kappa shape index (κ1) is 16.2. The summed E-state index contributed by atoms with van der Waals surface area (Å²) in [4.78, 5) is 34.8.